The van der Waals surface area contributed by atoms with Crippen LogP contribution in [0, 0.1) is 10.1 Å². The van der Waals surface area contributed by atoms with Crippen LogP contribution in [0.25, 0.3) is 0 Å². The zero-order valence-corrected chi connectivity index (χ0v) is 11.3. The molecule has 0 aliphatic heterocycles. The zero-order chi connectivity index (χ0) is 12.2. The molecule has 0 saturated heterocycles. The number of rotatable bonds is 6. The molecule has 0 radical (unpaired) electrons. The van der Waals surface area contributed by atoms with Crippen molar-refractivity contribution in [1.29, 1.82) is 0 Å². The molecule has 0 amide bonds. The van der Waals surface area contributed by atoms with E-state index in [0.29, 0.717) is 6.54 Å². The van der Waals surface area contributed by atoms with Crippen molar-refractivity contribution in [3.8, 4) is 0 Å². The van der Waals surface area contributed by atoms with Crippen LogP contribution < -0.4 is 5.32 Å². The van der Waals surface area contributed by atoms with Crippen LogP contribution in [-0.4, -0.2) is 22.5 Å². The predicted molar refractivity (Wildman–Crippen MR) is 70.3 cm³/mol. The van der Waals surface area contributed by atoms with Crippen molar-refractivity contribution in [3.05, 3.63) is 27.1 Å². The van der Waals surface area contributed by atoms with E-state index >= 15 is 0 Å². The smallest absolute Gasteiger partial charge is 0.311 e. The highest BCUT2D eigenvalue weighted by atomic mass is 32.2. The fourth-order valence-electron chi connectivity index (χ4n) is 1.13. The van der Waals surface area contributed by atoms with Gasteiger partial charge in [-0.15, -0.1) is 0 Å². The molecule has 1 heterocycles. The van der Waals surface area contributed by atoms with Crippen molar-refractivity contribution in [2.24, 2.45) is 0 Å². The van der Waals surface area contributed by atoms with E-state index < -0.39 is 0 Å². The minimum atomic E-state index is -0.347. The van der Waals surface area contributed by atoms with Crippen molar-refractivity contribution in [1.82, 2.24) is 5.32 Å². The number of nitrogens with zero attached hydrogens (tertiary/aromatic N) is 1. The molecular weight excluding hydrogens is 244 g/mol. The van der Waals surface area contributed by atoms with Crippen molar-refractivity contribution in [2.75, 3.05) is 12.8 Å². The van der Waals surface area contributed by atoms with Crippen LogP contribution in [-0.2, 0) is 6.54 Å². The Morgan fingerprint density at radius 3 is 2.81 bits per heavy atom. The third-order valence-corrected chi connectivity index (χ3v) is 4.43. The summed E-state index contributed by atoms with van der Waals surface area (Å²) in [4.78, 5) is 10.1. The first-order valence-electron chi connectivity index (χ1n) is 4.92. The van der Waals surface area contributed by atoms with Gasteiger partial charge in [-0.25, -0.2) is 0 Å². The molecule has 0 bridgehead atoms. The molecule has 90 valence electrons. The monoisotopic (exact) mass is 260 g/mol. The molecule has 4 nitrogen and oxygen atoms in total. The van der Waals surface area contributed by atoms with E-state index in [4.69, 9.17) is 0 Å². The number of nitrogens with one attached hydrogen (secondary N) is 1. The van der Waals surface area contributed by atoms with E-state index in [9.17, 15) is 10.1 Å². The molecule has 0 spiro atoms. The Kier molecular flexibility index (Phi) is 4.76. The maximum atomic E-state index is 10.5. The van der Waals surface area contributed by atoms with Crippen LogP contribution in [0.4, 0.5) is 5.00 Å². The molecule has 1 aromatic heterocycles. The average molecular weight is 260 g/mol. The van der Waals surface area contributed by atoms with E-state index in [0.717, 1.165) is 12.1 Å². The van der Waals surface area contributed by atoms with Gasteiger partial charge in [0.15, 0.2) is 0 Å². The van der Waals surface area contributed by atoms with Gasteiger partial charge in [-0.05, 0) is 25.7 Å². The van der Waals surface area contributed by atoms with E-state index in [1.807, 2.05) is 5.38 Å². The molecule has 16 heavy (non-hydrogen) atoms. The van der Waals surface area contributed by atoms with Gasteiger partial charge in [0.25, 0.3) is 0 Å². The lowest BCUT2D eigenvalue weighted by Crippen LogP contribution is -2.31. The minimum Gasteiger partial charge on any atom is -0.311 e. The second kappa shape index (κ2) is 5.65. The van der Waals surface area contributed by atoms with Crippen LogP contribution >= 0.6 is 23.1 Å². The molecule has 0 fully saturated rings. The van der Waals surface area contributed by atoms with E-state index in [2.05, 4.69) is 25.4 Å². The minimum absolute atomic E-state index is 0.196. The Bertz CT molecular complexity index is 363. The van der Waals surface area contributed by atoms with Gasteiger partial charge in [-0.3, -0.25) is 10.1 Å². The molecule has 0 aliphatic rings. The van der Waals surface area contributed by atoms with Gasteiger partial charge in [0.05, 0.1) is 4.92 Å². The van der Waals surface area contributed by atoms with Crippen molar-refractivity contribution in [2.45, 2.75) is 25.1 Å². The van der Waals surface area contributed by atoms with Crippen LogP contribution in [0.2, 0.25) is 0 Å². The summed E-state index contributed by atoms with van der Waals surface area (Å²) in [6.07, 6.45) is 2.08. The van der Waals surface area contributed by atoms with Gasteiger partial charge in [-0.2, -0.15) is 11.8 Å². The lowest BCUT2D eigenvalue weighted by atomic mass is 10.2. The van der Waals surface area contributed by atoms with Crippen LogP contribution in [0.5, 0.6) is 0 Å². The van der Waals surface area contributed by atoms with Crippen LogP contribution in [0.1, 0.15) is 19.4 Å². The number of thioether (sulfide) groups is 1. The van der Waals surface area contributed by atoms with E-state index in [1.54, 1.807) is 17.8 Å². The number of thiophene rings is 1. The summed E-state index contributed by atoms with van der Waals surface area (Å²) in [6, 6.07) is 1.63. The quantitative estimate of drug-likeness (QED) is 0.631. The first-order chi connectivity index (χ1) is 7.44. The van der Waals surface area contributed by atoms with Crippen molar-refractivity contribution >= 4 is 28.1 Å². The summed E-state index contributed by atoms with van der Waals surface area (Å²) in [7, 11) is 0. The van der Waals surface area contributed by atoms with Gasteiger partial charge in [0.1, 0.15) is 0 Å². The SMILES string of the molecule is CSC(C)(C)CNCc1csc([N+](=O)[O-])c1. The summed E-state index contributed by atoms with van der Waals surface area (Å²) >= 11 is 2.98. The second-order valence-corrected chi connectivity index (χ2v) is 6.52. The average Bonchev–Trinajstić information content (AvgIpc) is 2.66. The molecular formula is C10H16N2O2S2. The molecule has 6 heteroatoms. The van der Waals surface area contributed by atoms with Crippen molar-refractivity contribution in [3.63, 3.8) is 0 Å². The highest BCUT2D eigenvalue weighted by Gasteiger charge is 2.15. The molecule has 0 unspecified atom stereocenters. The molecule has 1 N–H and O–H groups in total. The summed E-state index contributed by atoms with van der Waals surface area (Å²) < 4.78 is 0.196. The van der Waals surface area contributed by atoms with E-state index in [1.165, 1.54) is 11.3 Å². The molecule has 1 rings (SSSR count). The summed E-state index contributed by atoms with van der Waals surface area (Å²) in [5, 5.41) is 15.8. The van der Waals surface area contributed by atoms with Gasteiger partial charge in [-0.1, -0.05) is 11.3 Å². The van der Waals surface area contributed by atoms with Gasteiger partial charge >= 0.3 is 5.00 Å². The Labute approximate surface area is 104 Å². The fraction of sp³-hybridized carbons (Fsp3) is 0.600. The highest BCUT2D eigenvalue weighted by molar-refractivity contribution is 7.99. The van der Waals surface area contributed by atoms with Gasteiger partial charge < -0.3 is 5.32 Å². The summed E-state index contributed by atoms with van der Waals surface area (Å²) in [5.74, 6) is 0. The standard InChI is InChI=1S/C10H16N2O2S2/c1-10(2,15-3)7-11-5-8-4-9(12(13)14)16-6-8/h4,6,11H,5,7H2,1-3H3. The highest BCUT2D eigenvalue weighted by Crippen LogP contribution is 2.23. The Hall–Kier alpha value is -0.590. The maximum absolute atomic E-state index is 10.5. The largest absolute Gasteiger partial charge is 0.324 e. The topological polar surface area (TPSA) is 55.2 Å². The first-order valence-corrected chi connectivity index (χ1v) is 7.03. The van der Waals surface area contributed by atoms with Crippen LogP contribution in [0.15, 0.2) is 11.4 Å². The normalized spacial score (nSPS) is 11.7. The lowest BCUT2D eigenvalue weighted by Gasteiger charge is -2.22. The third kappa shape index (κ3) is 4.11. The number of nitro groups is 1. The second-order valence-electron chi connectivity index (χ2n) is 4.12. The predicted octanol–water partition coefficient (Wildman–Crippen LogP) is 2.89. The fourth-order valence-corrected chi connectivity index (χ4v) is 2.11. The Balaban J connectivity index is 2.40. The molecule has 0 aliphatic carbocycles. The third-order valence-electron chi connectivity index (χ3n) is 2.25. The zero-order valence-electron chi connectivity index (χ0n) is 9.65. The molecule has 1 aromatic rings. The Morgan fingerprint density at radius 1 is 1.62 bits per heavy atom. The maximum Gasteiger partial charge on any atom is 0.324 e. The van der Waals surface area contributed by atoms with Gasteiger partial charge in [0.2, 0.25) is 0 Å². The van der Waals surface area contributed by atoms with Gasteiger partial charge in [0, 0.05) is 29.3 Å². The van der Waals surface area contributed by atoms with Crippen LogP contribution in [0.3, 0.4) is 0 Å². The molecule has 0 atom stereocenters. The molecule has 0 saturated carbocycles. The van der Waals surface area contributed by atoms with Crippen molar-refractivity contribution < 1.29 is 4.92 Å². The summed E-state index contributed by atoms with van der Waals surface area (Å²) in [6.45, 7) is 5.91. The molecule has 0 aromatic carbocycles. The van der Waals surface area contributed by atoms with E-state index in [-0.39, 0.29) is 14.7 Å². The lowest BCUT2D eigenvalue weighted by molar-refractivity contribution is -0.380. The first kappa shape index (κ1) is 13.5. The number of hydrogen-bond donors (Lipinski definition) is 1. The summed E-state index contributed by atoms with van der Waals surface area (Å²) in [5.41, 5.74) is 0.980. The number of hydrogen-bond acceptors (Lipinski definition) is 5. The Morgan fingerprint density at radius 2 is 2.31 bits per heavy atom.